The molecule has 4 aromatic rings. The van der Waals surface area contributed by atoms with E-state index in [0.717, 1.165) is 22.3 Å². The van der Waals surface area contributed by atoms with Gasteiger partial charge in [0.15, 0.2) is 0 Å². The zero-order valence-electron chi connectivity index (χ0n) is 18.6. The van der Waals surface area contributed by atoms with Crippen molar-refractivity contribution in [1.82, 2.24) is 9.55 Å². The maximum Gasteiger partial charge on any atom is 0.235 e. The topological polar surface area (TPSA) is 77.7 Å². The molecule has 0 spiro atoms. The van der Waals surface area contributed by atoms with Crippen molar-refractivity contribution in [1.29, 1.82) is 0 Å². The molecule has 2 heterocycles. The lowest BCUT2D eigenvalue weighted by Crippen LogP contribution is -2.38. The van der Waals surface area contributed by atoms with Gasteiger partial charge in [0.25, 0.3) is 0 Å². The summed E-state index contributed by atoms with van der Waals surface area (Å²) in [4.78, 5) is 23.2. The number of anilines is 1. The second-order valence-corrected chi connectivity index (χ2v) is 7.91. The van der Waals surface area contributed by atoms with Crippen LogP contribution in [0.4, 0.5) is 11.6 Å². The zero-order valence-corrected chi connectivity index (χ0v) is 18.6. The number of imidazole rings is 1. The van der Waals surface area contributed by atoms with Gasteiger partial charge in [0, 0.05) is 5.71 Å². The van der Waals surface area contributed by atoms with Crippen LogP contribution >= 0.6 is 0 Å². The van der Waals surface area contributed by atoms with E-state index >= 15 is 0 Å². The third kappa shape index (κ3) is 3.61. The molecule has 2 atom stereocenters. The molecule has 0 bridgehead atoms. The Morgan fingerprint density at radius 2 is 1.67 bits per heavy atom. The lowest BCUT2D eigenvalue weighted by atomic mass is 9.87. The summed E-state index contributed by atoms with van der Waals surface area (Å²) >= 11 is 0. The Labute approximate surface area is 191 Å². The largest absolute Gasteiger partial charge is 0.497 e. The molecule has 1 aliphatic rings. The first-order valence-electron chi connectivity index (χ1n) is 10.7. The maximum absolute atomic E-state index is 13.7. The summed E-state index contributed by atoms with van der Waals surface area (Å²) in [5.74, 6) is 1.24. The molecule has 3 aromatic carbocycles. The van der Waals surface area contributed by atoms with Crippen molar-refractivity contribution in [2.75, 3.05) is 19.5 Å². The second-order valence-electron chi connectivity index (χ2n) is 7.91. The predicted octanol–water partition coefficient (Wildman–Crippen LogP) is 5.00. The Hall–Kier alpha value is -4.13. The molecule has 0 radical (unpaired) electrons. The number of hydrogen-bond donors (Lipinski definition) is 1. The van der Waals surface area contributed by atoms with E-state index in [1.807, 2.05) is 79.7 Å². The van der Waals surface area contributed by atoms with Gasteiger partial charge in [-0.15, -0.1) is 0 Å². The highest BCUT2D eigenvalue weighted by atomic mass is 16.5. The highest BCUT2D eigenvalue weighted by Gasteiger charge is 2.39. The van der Waals surface area contributed by atoms with Gasteiger partial charge in [0.2, 0.25) is 11.9 Å². The van der Waals surface area contributed by atoms with E-state index < -0.39 is 5.92 Å². The maximum atomic E-state index is 13.7. The normalized spacial score (nSPS) is 17.2. The number of methoxy groups -OCH3 is 2. The quantitative estimate of drug-likeness (QED) is 0.474. The van der Waals surface area contributed by atoms with Gasteiger partial charge >= 0.3 is 0 Å². The van der Waals surface area contributed by atoms with E-state index in [4.69, 9.17) is 19.5 Å². The monoisotopic (exact) mass is 440 g/mol. The summed E-state index contributed by atoms with van der Waals surface area (Å²) in [5.41, 5.74) is 4.06. The molecular formula is C26H24N4O3. The predicted molar refractivity (Wildman–Crippen MR) is 129 cm³/mol. The number of carbonyl (C=O) groups is 1. The van der Waals surface area contributed by atoms with E-state index in [2.05, 4.69) is 9.88 Å². The number of hydrogen-bond acceptors (Lipinski definition) is 5. The highest BCUT2D eigenvalue weighted by molar-refractivity contribution is 6.11. The van der Waals surface area contributed by atoms with Crippen LogP contribution in [0.1, 0.15) is 18.5 Å². The molecule has 5 rings (SSSR count). The summed E-state index contributed by atoms with van der Waals surface area (Å²) in [6.07, 6.45) is 0. The first-order chi connectivity index (χ1) is 16.1. The van der Waals surface area contributed by atoms with Crippen molar-refractivity contribution in [3.8, 4) is 11.5 Å². The second kappa shape index (κ2) is 8.43. The number of aliphatic imine (C=N–C) groups is 1. The summed E-state index contributed by atoms with van der Waals surface area (Å²) in [6, 6.07) is 22.7. The Morgan fingerprint density at radius 3 is 2.42 bits per heavy atom. The molecule has 1 amide bonds. The van der Waals surface area contributed by atoms with Crippen molar-refractivity contribution in [3.63, 3.8) is 0 Å². The van der Waals surface area contributed by atoms with Gasteiger partial charge in [-0.3, -0.25) is 9.36 Å². The third-order valence-electron chi connectivity index (χ3n) is 6.00. The van der Waals surface area contributed by atoms with Gasteiger partial charge in [-0.1, -0.05) is 36.4 Å². The molecule has 0 saturated carbocycles. The van der Waals surface area contributed by atoms with Crippen LogP contribution in [0.15, 0.2) is 77.8 Å². The van der Waals surface area contributed by atoms with Crippen LogP contribution in [0.5, 0.6) is 11.5 Å². The lowest BCUT2D eigenvalue weighted by Gasteiger charge is -2.32. The molecule has 0 fully saturated rings. The zero-order chi connectivity index (χ0) is 22.9. The molecule has 0 saturated heterocycles. The Kier molecular flexibility index (Phi) is 5.30. The Morgan fingerprint density at radius 1 is 0.939 bits per heavy atom. The first-order valence-corrected chi connectivity index (χ1v) is 10.7. The first kappa shape index (κ1) is 20.8. The number of amides is 1. The van der Waals surface area contributed by atoms with E-state index in [1.54, 1.807) is 14.2 Å². The average Bonchev–Trinajstić information content (AvgIpc) is 3.21. The molecule has 1 N–H and O–H groups in total. The molecule has 1 aromatic heterocycles. The number of rotatable bonds is 5. The van der Waals surface area contributed by atoms with Gasteiger partial charge < -0.3 is 14.8 Å². The van der Waals surface area contributed by atoms with Crippen LogP contribution in [0.3, 0.4) is 0 Å². The minimum Gasteiger partial charge on any atom is -0.497 e. The molecule has 7 heteroatoms. The van der Waals surface area contributed by atoms with E-state index in [9.17, 15) is 4.79 Å². The number of nitrogens with zero attached hydrogens (tertiary/aromatic N) is 3. The standard InChI is InChI=1S/C26H24N4O3/c1-16-23(25(31)28-20-9-5-7-11-22(20)33-3)24(17-12-14-18(32-2)15-13-17)30-21-10-6-4-8-19(21)29-26(30)27-16/h4-15,23-24H,1-3H3,(H,28,31). The number of para-hydroxylation sites is 4. The average molecular weight is 441 g/mol. The third-order valence-corrected chi connectivity index (χ3v) is 6.00. The van der Waals surface area contributed by atoms with E-state index in [-0.39, 0.29) is 11.9 Å². The smallest absolute Gasteiger partial charge is 0.235 e. The number of nitrogens with one attached hydrogen (secondary N) is 1. The fourth-order valence-electron chi connectivity index (χ4n) is 4.42. The summed E-state index contributed by atoms with van der Waals surface area (Å²) in [5, 5.41) is 3.05. The van der Waals surface area contributed by atoms with Gasteiger partial charge in [-0.25, -0.2) is 9.98 Å². The molecule has 0 aliphatic carbocycles. The highest BCUT2D eigenvalue weighted by Crippen LogP contribution is 2.40. The van der Waals surface area contributed by atoms with Gasteiger partial charge in [-0.2, -0.15) is 0 Å². The Bertz CT molecular complexity index is 1360. The number of ether oxygens (including phenoxy) is 2. The summed E-state index contributed by atoms with van der Waals surface area (Å²) < 4.78 is 12.8. The lowest BCUT2D eigenvalue weighted by molar-refractivity contribution is -0.118. The van der Waals surface area contributed by atoms with Crippen LogP contribution in [-0.2, 0) is 4.79 Å². The molecule has 166 valence electrons. The van der Waals surface area contributed by atoms with Crippen LogP contribution < -0.4 is 14.8 Å². The fourth-order valence-corrected chi connectivity index (χ4v) is 4.42. The molecule has 2 unspecified atom stereocenters. The number of carbonyl (C=O) groups excluding carboxylic acids is 1. The van der Waals surface area contributed by atoms with Crippen molar-refractivity contribution in [3.05, 3.63) is 78.4 Å². The van der Waals surface area contributed by atoms with Crippen molar-refractivity contribution in [2.45, 2.75) is 13.0 Å². The number of fused-ring (bicyclic) bond motifs is 3. The molecule has 1 aliphatic heterocycles. The SMILES string of the molecule is COc1ccc(C2C(C(=O)Nc3ccccc3OC)C(C)=Nc3nc4ccccc4n32)cc1. The van der Waals surface area contributed by atoms with Crippen LogP contribution in [0, 0.1) is 5.92 Å². The van der Waals surface area contributed by atoms with E-state index in [0.29, 0.717) is 23.1 Å². The van der Waals surface area contributed by atoms with Crippen molar-refractivity contribution in [2.24, 2.45) is 10.9 Å². The van der Waals surface area contributed by atoms with Gasteiger partial charge in [-0.05, 0) is 48.9 Å². The van der Waals surface area contributed by atoms with Crippen LogP contribution in [-0.4, -0.2) is 35.4 Å². The van der Waals surface area contributed by atoms with Crippen molar-refractivity contribution < 1.29 is 14.3 Å². The molecule has 33 heavy (non-hydrogen) atoms. The minimum absolute atomic E-state index is 0.162. The Balaban J connectivity index is 1.64. The molecular weight excluding hydrogens is 416 g/mol. The number of aromatic nitrogens is 2. The number of benzene rings is 3. The molecule has 7 nitrogen and oxygen atoms in total. The fraction of sp³-hybridized carbons (Fsp3) is 0.192. The van der Waals surface area contributed by atoms with E-state index in [1.165, 1.54) is 0 Å². The van der Waals surface area contributed by atoms with Gasteiger partial charge in [0.05, 0.1) is 37.0 Å². The summed E-state index contributed by atoms with van der Waals surface area (Å²) in [6.45, 7) is 1.88. The van der Waals surface area contributed by atoms with Gasteiger partial charge in [0.1, 0.15) is 17.4 Å². The van der Waals surface area contributed by atoms with Crippen molar-refractivity contribution >= 4 is 34.3 Å². The minimum atomic E-state index is -0.548. The summed E-state index contributed by atoms with van der Waals surface area (Å²) in [7, 11) is 3.22. The van der Waals surface area contributed by atoms with Crippen LogP contribution in [0.25, 0.3) is 11.0 Å². The van der Waals surface area contributed by atoms with Crippen LogP contribution in [0.2, 0.25) is 0 Å².